The van der Waals surface area contributed by atoms with Gasteiger partial charge in [-0.3, -0.25) is 4.90 Å². The molecule has 3 rings (SSSR count). The Morgan fingerprint density at radius 3 is 2.67 bits per heavy atom. The molecule has 1 fully saturated rings. The van der Waals surface area contributed by atoms with Gasteiger partial charge in [0.15, 0.2) is 11.5 Å². The molecule has 2 N–H and O–H groups in total. The van der Waals surface area contributed by atoms with Crippen LogP contribution in [-0.4, -0.2) is 37.7 Å². The Bertz CT molecular complexity index is 490. The monoisotopic (exact) mass is 290 g/mol. The zero-order chi connectivity index (χ0) is 14.8. The van der Waals surface area contributed by atoms with Gasteiger partial charge in [-0.25, -0.2) is 0 Å². The summed E-state index contributed by atoms with van der Waals surface area (Å²) < 4.78 is 11.3. The summed E-state index contributed by atoms with van der Waals surface area (Å²) in [4.78, 5) is 2.52. The van der Waals surface area contributed by atoms with Crippen LogP contribution in [0.25, 0.3) is 0 Å². The number of benzene rings is 1. The third-order valence-electron chi connectivity index (χ3n) is 4.81. The molecule has 0 saturated carbocycles. The van der Waals surface area contributed by atoms with Gasteiger partial charge in [0.25, 0.3) is 0 Å². The van der Waals surface area contributed by atoms with E-state index in [9.17, 15) is 0 Å². The van der Waals surface area contributed by atoms with Crippen LogP contribution >= 0.6 is 0 Å². The molecule has 1 aromatic carbocycles. The first-order chi connectivity index (χ1) is 10.2. The molecule has 4 nitrogen and oxygen atoms in total. The van der Waals surface area contributed by atoms with Gasteiger partial charge in [0, 0.05) is 19.1 Å². The minimum absolute atomic E-state index is 0.282. The highest BCUT2D eigenvalue weighted by Gasteiger charge is 2.30. The maximum Gasteiger partial charge on any atom is 0.161 e. The minimum Gasteiger partial charge on any atom is -0.486 e. The second-order valence-corrected chi connectivity index (χ2v) is 6.44. The molecule has 0 amide bonds. The number of nitrogens with two attached hydrogens (primary N) is 1. The van der Waals surface area contributed by atoms with Gasteiger partial charge in [0.1, 0.15) is 13.2 Å². The fraction of sp³-hybridized carbons (Fsp3) is 0.647. The summed E-state index contributed by atoms with van der Waals surface area (Å²) in [6.07, 6.45) is 1.28. The first-order valence-electron chi connectivity index (χ1n) is 8.02. The fourth-order valence-corrected chi connectivity index (χ4v) is 3.41. The molecule has 0 aromatic heterocycles. The van der Waals surface area contributed by atoms with Crippen molar-refractivity contribution in [3.05, 3.63) is 23.8 Å². The molecule has 2 atom stereocenters. The predicted molar refractivity (Wildman–Crippen MR) is 83.7 cm³/mol. The van der Waals surface area contributed by atoms with E-state index in [-0.39, 0.29) is 6.04 Å². The van der Waals surface area contributed by atoms with E-state index in [0.717, 1.165) is 36.4 Å². The standard InChI is InChI=1S/C17H26N2O2/c1-12(2)14-5-6-19(11-14)15(10-18)13-3-4-16-17(9-13)21-8-7-20-16/h3-4,9,12,14-15H,5-8,10-11,18H2,1-2H3. The van der Waals surface area contributed by atoms with Gasteiger partial charge in [-0.2, -0.15) is 0 Å². The number of likely N-dealkylation sites (tertiary alicyclic amines) is 1. The molecule has 2 unspecified atom stereocenters. The summed E-state index contributed by atoms with van der Waals surface area (Å²) in [6, 6.07) is 6.54. The fourth-order valence-electron chi connectivity index (χ4n) is 3.41. The lowest BCUT2D eigenvalue weighted by Crippen LogP contribution is -2.32. The highest BCUT2D eigenvalue weighted by Crippen LogP contribution is 2.36. The average Bonchev–Trinajstić information content (AvgIpc) is 2.98. The van der Waals surface area contributed by atoms with Gasteiger partial charge in [0.2, 0.25) is 0 Å². The van der Waals surface area contributed by atoms with Crippen molar-refractivity contribution in [2.45, 2.75) is 26.3 Å². The van der Waals surface area contributed by atoms with Crippen LogP contribution in [0.5, 0.6) is 11.5 Å². The second-order valence-electron chi connectivity index (χ2n) is 6.44. The SMILES string of the molecule is CC(C)C1CCN(C(CN)c2ccc3c(c2)OCCO3)C1. The lowest BCUT2D eigenvalue weighted by molar-refractivity contribution is 0.170. The van der Waals surface area contributed by atoms with Gasteiger partial charge in [0.05, 0.1) is 0 Å². The third kappa shape index (κ3) is 3.01. The Kier molecular flexibility index (Phi) is 4.36. The summed E-state index contributed by atoms with van der Waals surface area (Å²) in [5, 5.41) is 0. The van der Waals surface area contributed by atoms with Crippen molar-refractivity contribution < 1.29 is 9.47 Å². The Labute approximate surface area is 127 Å². The van der Waals surface area contributed by atoms with Crippen LogP contribution in [0.4, 0.5) is 0 Å². The van der Waals surface area contributed by atoms with Gasteiger partial charge < -0.3 is 15.2 Å². The highest BCUT2D eigenvalue weighted by atomic mass is 16.6. The van der Waals surface area contributed by atoms with Crippen LogP contribution in [0.2, 0.25) is 0 Å². The highest BCUT2D eigenvalue weighted by molar-refractivity contribution is 5.44. The van der Waals surface area contributed by atoms with Crippen LogP contribution in [0.3, 0.4) is 0 Å². The molecular formula is C17H26N2O2. The molecule has 4 heteroatoms. The summed E-state index contributed by atoms with van der Waals surface area (Å²) in [5.41, 5.74) is 7.31. The second kappa shape index (κ2) is 6.24. The van der Waals surface area contributed by atoms with Crippen LogP contribution in [0.15, 0.2) is 18.2 Å². The smallest absolute Gasteiger partial charge is 0.161 e. The molecule has 21 heavy (non-hydrogen) atoms. The number of hydrogen-bond acceptors (Lipinski definition) is 4. The van der Waals surface area contributed by atoms with E-state index < -0.39 is 0 Å². The molecule has 2 aliphatic rings. The third-order valence-corrected chi connectivity index (χ3v) is 4.81. The van der Waals surface area contributed by atoms with E-state index in [1.165, 1.54) is 12.0 Å². The quantitative estimate of drug-likeness (QED) is 0.925. The predicted octanol–water partition coefficient (Wildman–Crippen LogP) is 2.44. The zero-order valence-corrected chi connectivity index (χ0v) is 13.0. The first-order valence-corrected chi connectivity index (χ1v) is 8.02. The van der Waals surface area contributed by atoms with Crippen molar-refractivity contribution in [1.82, 2.24) is 4.90 Å². The Balaban J connectivity index is 1.77. The van der Waals surface area contributed by atoms with E-state index in [1.807, 2.05) is 6.07 Å². The summed E-state index contributed by atoms with van der Waals surface area (Å²) in [5.74, 6) is 3.24. The molecule has 1 aromatic rings. The largest absolute Gasteiger partial charge is 0.486 e. The van der Waals surface area contributed by atoms with Crippen LogP contribution in [-0.2, 0) is 0 Å². The number of ether oxygens (including phenoxy) is 2. The van der Waals surface area contributed by atoms with Crippen molar-refractivity contribution in [3.63, 3.8) is 0 Å². The molecule has 1 saturated heterocycles. The van der Waals surface area contributed by atoms with Crippen molar-refractivity contribution >= 4 is 0 Å². The Morgan fingerprint density at radius 1 is 1.24 bits per heavy atom. The van der Waals surface area contributed by atoms with E-state index >= 15 is 0 Å². The van der Waals surface area contributed by atoms with E-state index in [4.69, 9.17) is 15.2 Å². The number of fused-ring (bicyclic) bond motifs is 1. The van der Waals surface area contributed by atoms with Crippen LogP contribution in [0.1, 0.15) is 31.9 Å². The minimum atomic E-state index is 0.282. The van der Waals surface area contributed by atoms with E-state index in [0.29, 0.717) is 19.8 Å². The lowest BCUT2D eigenvalue weighted by atomic mass is 9.95. The molecule has 2 aliphatic heterocycles. The van der Waals surface area contributed by atoms with Gasteiger partial charge in [-0.1, -0.05) is 19.9 Å². The summed E-state index contributed by atoms with van der Waals surface area (Å²) in [6.45, 7) is 8.82. The molecule has 0 aliphatic carbocycles. The Morgan fingerprint density at radius 2 is 2.00 bits per heavy atom. The molecular weight excluding hydrogens is 264 g/mol. The van der Waals surface area contributed by atoms with Gasteiger partial charge >= 0.3 is 0 Å². The van der Waals surface area contributed by atoms with Gasteiger partial charge in [-0.15, -0.1) is 0 Å². The molecule has 2 heterocycles. The van der Waals surface area contributed by atoms with Crippen LogP contribution in [0, 0.1) is 11.8 Å². The molecule has 116 valence electrons. The number of nitrogens with zero attached hydrogens (tertiary/aromatic N) is 1. The van der Waals surface area contributed by atoms with Crippen molar-refractivity contribution in [3.8, 4) is 11.5 Å². The van der Waals surface area contributed by atoms with E-state index in [1.54, 1.807) is 0 Å². The van der Waals surface area contributed by atoms with Crippen molar-refractivity contribution in [2.24, 2.45) is 17.6 Å². The maximum absolute atomic E-state index is 6.07. The molecule has 0 radical (unpaired) electrons. The lowest BCUT2D eigenvalue weighted by Gasteiger charge is -2.29. The summed E-state index contributed by atoms with van der Waals surface area (Å²) >= 11 is 0. The number of rotatable bonds is 4. The normalized spacial score (nSPS) is 23.5. The first kappa shape index (κ1) is 14.7. The zero-order valence-electron chi connectivity index (χ0n) is 13.0. The van der Waals surface area contributed by atoms with Crippen molar-refractivity contribution in [2.75, 3.05) is 32.8 Å². The topological polar surface area (TPSA) is 47.7 Å². The molecule has 0 bridgehead atoms. The Hall–Kier alpha value is -1.26. The van der Waals surface area contributed by atoms with Gasteiger partial charge in [-0.05, 0) is 42.5 Å². The summed E-state index contributed by atoms with van der Waals surface area (Å²) in [7, 11) is 0. The van der Waals surface area contributed by atoms with Crippen LogP contribution < -0.4 is 15.2 Å². The molecule has 0 spiro atoms. The maximum atomic E-state index is 6.07. The van der Waals surface area contributed by atoms with E-state index in [2.05, 4.69) is 30.9 Å². The number of hydrogen-bond donors (Lipinski definition) is 1. The van der Waals surface area contributed by atoms with Crippen molar-refractivity contribution in [1.29, 1.82) is 0 Å². The average molecular weight is 290 g/mol.